The molecule has 0 aliphatic rings. The minimum absolute atomic E-state index is 0. The fraction of sp³-hybridized carbons (Fsp3) is 0.529. The first kappa shape index (κ1) is 23.0. The van der Waals surface area contributed by atoms with Crippen molar-refractivity contribution in [3.05, 3.63) is 23.8 Å². The zero-order chi connectivity index (χ0) is 17.9. The van der Waals surface area contributed by atoms with Crippen molar-refractivity contribution in [1.82, 2.24) is 5.32 Å². The highest BCUT2D eigenvalue weighted by molar-refractivity contribution is 5.85. The fourth-order valence-electron chi connectivity index (χ4n) is 2.07. The van der Waals surface area contributed by atoms with Gasteiger partial charge in [-0.2, -0.15) is 0 Å². The van der Waals surface area contributed by atoms with Crippen LogP contribution in [0.3, 0.4) is 0 Å². The number of aromatic hydroxyl groups is 2. The van der Waals surface area contributed by atoms with Crippen LogP contribution in [0.25, 0.3) is 0 Å². The minimum Gasteiger partial charge on any atom is -0.504 e. The number of nitrogens with one attached hydrogen (secondary N) is 1. The number of hydrogen-bond donors (Lipinski definition) is 4. The second kappa shape index (κ2) is 12.4. The molecule has 1 aromatic rings. The molecule has 7 nitrogen and oxygen atoms in total. The highest BCUT2D eigenvalue weighted by atomic mass is 35.5. The van der Waals surface area contributed by atoms with E-state index in [1.807, 2.05) is 6.92 Å². The molecule has 0 saturated heterocycles. The molecule has 1 atom stereocenters. The van der Waals surface area contributed by atoms with Crippen molar-refractivity contribution in [2.75, 3.05) is 13.2 Å². The normalized spacial score (nSPS) is 11.3. The highest BCUT2D eigenvalue weighted by Crippen LogP contribution is 2.25. The van der Waals surface area contributed by atoms with E-state index in [9.17, 15) is 19.8 Å². The van der Waals surface area contributed by atoms with Crippen LogP contribution in [-0.2, 0) is 20.7 Å². The SMILES string of the molecule is CCCCOC(=O)C(Cc1ccc(O)c(O)c1)NC(=O)CCCN.Cl. The number of phenols is 2. The summed E-state index contributed by atoms with van der Waals surface area (Å²) in [4.78, 5) is 24.1. The van der Waals surface area contributed by atoms with E-state index in [0.29, 0.717) is 25.1 Å². The molecule has 0 saturated carbocycles. The van der Waals surface area contributed by atoms with Crippen LogP contribution >= 0.6 is 12.4 Å². The third kappa shape index (κ3) is 8.60. The topological polar surface area (TPSA) is 122 Å². The van der Waals surface area contributed by atoms with E-state index in [4.69, 9.17) is 10.5 Å². The van der Waals surface area contributed by atoms with Gasteiger partial charge in [-0.05, 0) is 37.1 Å². The largest absolute Gasteiger partial charge is 0.504 e. The Kier molecular flexibility index (Phi) is 11.4. The summed E-state index contributed by atoms with van der Waals surface area (Å²) in [5.41, 5.74) is 5.98. The molecule has 8 heteroatoms. The van der Waals surface area contributed by atoms with Gasteiger partial charge in [0.1, 0.15) is 6.04 Å². The van der Waals surface area contributed by atoms with Gasteiger partial charge in [0.2, 0.25) is 5.91 Å². The number of amides is 1. The molecular weight excluding hydrogens is 348 g/mol. The number of unbranched alkanes of at least 4 members (excludes halogenated alkanes) is 1. The molecule has 1 rings (SSSR count). The maximum Gasteiger partial charge on any atom is 0.328 e. The molecule has 5 N–H and O–H groups in total. The van der Waals surface area contributed by atoms with E-state index < -0.39 is 12.0 Å². The van der Waals surface area contributed by atoms with Crippen LogP contribution in [0.4, 0.5) is 0 Å². The van der Waals surface area contributed by atoms with Gasteiger partial charge in [0.15, 0.2) is 11.5 Å². The molecule has 0 spiro atoms. The smallest absolute Gasteiger partial charge is 0.328 e. The van der Waals surface area contributed by atoms with E-state index in [1.165, 1.54) is 12.1 Å². The molecule has 0 bridgehead atoms. The minimum atomic E-state index is -0.851. The number of benzene rings is 1. The zero-order valence-electron chi connectivity index (χ0n) is 14.4. The van der Waals surface area contributed by atoms with Gasteiger partial charge in [0.25, 0.3) is 0 Å². The number of rotatable bonds is 10. The molecule has 0 heterocycles. The molecule has 1 unspecified atom stereocenters. The monoisotopic (exact) mass is 374 g/mol. The summed E-state index contributed by atoms with van der Waals surface area (Å²) < 4.78 is 5.19. The van der Waals surface area contributed by atoms with Crippen molar-refractivity contribution in [1.29, 1.82) is 0 Å². The van der Waals surface area contributed by atoms with Crippen molar-refractivity contribution in [3.8, 4) is 11.5 Å². The van der Waals surface area contributed by atoms with E-state index >= 15 is 0 Å². The third-order valence-electron chi connectivity index (χ3n) is 3.45. The molecule has 0 aromatic heterocycles. The van der Waals surface area contributed by atoms with E-state index in [-0.39, 0.29) is 42.7 Å². The first-order valence-corrected chi connectivity index (χ1v) is 8.14. The van der Waals surface area contributed by atoms with Crippen molar-refractivity contribution in [2.24, 2.45) is 5.73 Å². The quantitative estimate of drug-likeness (QED) is 0.280. The lowest BCUT2D eigenvalue weighted by atomic mass is 10.0. The lowest BCUT2D eigenvalue weighted by Crippen LogP contribution is -2.43. The summed E-state index contributed by atoms with van der Waals surface area (Å²) in [5.74, 6) is -1.31. The zero-order valence-corrected chi connectivity index (χ0v) is 15.2. The average molecular weight is 375 g/mol. The van der Waals surface area contributed by atoms with Crippen LogP contribution in [-0.4, -0.2) is 41.3 Å². The van der Waals surface area contributed by atoms with E-state index in [1.54, 1.807) is 6.07 Å². The summed E-state index contributed by atoms with van der Waals surface area (Å²) in [7, 11) is 0. The Balaban J connectivity index is 0.00000576. The number of esters is 1. The van der Waals surface area contributed by atoms with Crippen molar-refractivity contribution in [2.45, 2.75) is 45.1 Å². The Morgan fingerprint density at radius 3 is 2.56 bits per heavy atom. The Bertz CT molecular complexity index is 554. The summed E-state index contributed by atoms with van der Waals surface area (Å²) in [6.45, 7) is 2.68. The maximum atomic E-state index is 12.2. The van der Waals surface area contributed by atoms with E-state index in [2.05, 4.69) is 5.32 Å². The third-order valence-corrected chi connectivity index (χ3v) is 3.45. The Morgan fingerprint density at radius 1 is 1.24 bits per heavy atom. The number of ether oxygens (including phenoxy) is 1. The lowest BCUT2D eigenvalue weighted by Gasteiger charge is -2.18. The lowest BCUT2D eigenvalue weighted by molar-refractivity contribution is -0.148. The number of phenolic OH excluding ortho intramolecular Hbond substituents is 2. The van der Waals surface area contributed by atoms with Gasteiger partial charge in [-0.3, -0.25) is 4.79 Å². The van der Waals surface area contributed by atoms with Crippen LogP contribution in [0.2, 0.25) is 0 Å². The first-order chi connectivity index (χ1) is 11.5. The Labute approximate surface area is 154 Å². The van der Waals surface area contributed by atoms with Gasteiger partial charge in [-0.15, -0.1) is 12.4 Å². The number of hydrogen-bond acceptors (Lipinski definition) is 6. The first-order valence-electron chi connectivity index (χ1n) is 8.14. The standard InChI is InChI=1S/C17H26N2O5.ClH/c1-2-3-9-24-17(23)13(19-16(22)5-4-8-18)10-12-6-7-14(20)15(21)11-12;/h6-7,11,13,20-21H,2-5,8-10,18H2,1H3,(H,19,22);1H. The molecule has 1 amide bonds. The van der Waals surface area contributed by atoms with Crippen LogP contribution in [0, 0.1) is 0 Å². The van der Waals surface area contributed by atoms with Crippen LogP contribution in [0.15, 0.2) is 18.2 Å². The van der Waals surface area contributed by atoms with Crippen molar-refractivity contribution in [3.63, 3.8) is 0 Å². The molecule has 0 radical (unpaired) electrons. The van der Waals surface area contributed by atoms with Crippen LogP contribution < -0.4 is 11.1 Å². The molecule has 142 valence electrons. The van der Waals surface area contributed by atoms with Gasteiger partial charge < -0.3 is 26.0 Å². The highest BCUT2D eigenvalue weighted by Gasteiger charge is 2.23. The molecule has 1 aromatic carbocycles. The number of carbonyl (C=O) groups is 2. The number of nitrogens with two attached hydrogens (primary N) is 1. The molecule has 0 aliphatic carbocycles. The molecule has 0 aliphatic heterocycles. The van der Waals surface area contributed by atoms with Gasteiger partial charge in [-0.1, -0.05) is 19.4 Å². The van der Waals surface area contributed by atoms with Gasteiger partial charge in [0.05, 0.1) is 6.61 Å². The second-order valence-corrected chi connectivity index (χ2v) is 5.56. The molecule has 25 heavy (non-hydrogen) atoms. The van der Waals surface area contributed by atoms with Crippen LogP contribution in [0.5, 0.6) is 11.5 Å². The number of halogens is 1. The maximum absolute atomic E-state index is 12.2. The predicted molar refractivity (Wildman–Crippen MR) is 96.8 cm³/mol. The Hall–Kier alpha value is -1.99. The molecule has 0 fully saturated rings. The predicted octanol–water partition coefficient (Wildman–Crippen LogP) is 1.63. The average Bonchev–Trinajstić information content (AvgIpc) is 2.55. The van der Waals surface area contributed by atoms with Gasteiger partial charge in [-0.25, -0.2) is 4.79 Å². The number of carbonyl (C=O) groups excluding carboxylic acids is 2. The summed E-state index contributed by atoms with van der Waals surface area (Å²) in [6, 6.07) is 3.41. The van der Waals surface area contributed by atoms with E-state index in [0.717, 1.165) is 12.8 Å². The second-order valence-electron chi connectivity index (χ2n) is 5.56. The fourth-order valence-corrected chi connectivity index (χ4v) is 2.07. The summed E-state index contributed by atoms with van der Waals surface area (Å²) in [5, 5.41) is 21.6. The molecular formula is C17H27ClN2O5. The van der Waals surface area contributed by atoms with Crippen LogP contribution in [0.1, 0.15) is 38.2 Å². The van der Waals surface area contributed by atoms with Gasteiger partial charge in [0, 0.05) is 12.8 Å². The van der Waals surface area contributed by atoms with Gasteiger partial charge >= 0.3 is 5.97 Å². The summed E-state index contributed by atoms with van der Waals surface area (Å²) in [6.07, 6.45) is 2.57. The van der Waals surface area contributed by atoms with Crippen molar-refractivity contribution < 1.29 is 24.5 Å². The van der Waals surface area contributed by atoms with Crippen molar-refractivity contribution >= 4 is 24.3 Å². The summed E-state index contributed by atoms with van der Waals surface area (Å²) >= 11 is 0. The Morgan fingerprint density at radius 2 is 1.96 bits per heavy atom.